The summed E-state index contributed by atoms with van der Waals surface area (Å²) in [7, 11) is 4.80. The zero-order valence-electron chi connectivity index (χ0n) is 29.6. The Hall–Kier alpha value is -5.57. The first kappa shape index (κ1) is 45.5. The van der Waals surface area contributed by atoms with Gasteiger partial charge in [-0.1, -0.05) is 36.4 Å². The fourth-order valence-electron chi connectivity index (χ4n) is 5.92. The Morgan fingerprint density at radius 2 is 0.733 bits per heavy atom. The van der Waals surface area contributed by atoms with Gasteiger partial charge in [-0.3, -0.25) is 4.79 Å². The normalized spacial score (nSPS) is 11.4. The lowest BCUT2D eigenvalue weighted by atomic mass is 9.89. The first-order valence-electron chi connectivity index (χ1n) is 16.1. The molecule has 0 spiro atoms. The largest absolute Gasteiger partial charge is 0.392 e. The van der Waals surface area contributed by atoms with Gasteiger partial charge in [0, 0.05) is 5.56 Å². The van der Waals surface area contributed by atoms with Crippen LogP contribution in [0.25, 0.3) is 44.2 Å². The van der Waals surface area contributed by atoms with Crippen molar-refractivity contribution in [3.63, 3.8) is 0 Å². The number of carbonyl (C=O) groups excluding carboxylic acids is 1. The summed E-state index contributed by atoms with van der Waals surface area (Å²) in [5, 5.41) is 11.2. The number of aliphatic hydroxyl groups is 1. The maximum atomic E-state index is 14.9. The highest BCUT2D eigenvalue weighted by atomic mass is 32.2. The van der Waals surface area contributed by atoms with Crippen molar-refractivity contribution >= 4 is 40.8 Å². The van der Waals surface area contributed by atoms with Crippen molar-refractivity contribution in [3.8, 4) is 33.4 Å². The number of benzene rings is 6. The molecule has 0 aliphatic heterocycles. The highest BCUT2D eigenvalue weighted by Crippen LogP contribution is 2.44. The SMILES string of the molecule is C[S+](C)CC(=O)c1ccc(CO)c2ccccc12.[B]c1c(F)c(F)c(-c2c(F)c(F)c(-c3c(F)c(F)c(-c4c(F)c(F)c(F)c(F)c4F)c(F)c3F)c(F)c2F)c(F)c1F. The molecule has 312 valence electrons. The molecule has 6 rings (SSSR count). The summed E-state index contributed by atoms with van der Waals surface area (Å²) >= 11 is 0. The summed E-state index contributed by atoms with van der Waals surface area (Å²) in [6, 6.07) is 11.4. The molecule has 0 atom stereocenters. The lowest BCUT2D eigenvalue weighted by molar-refractivity contribution is 0.102. The number of ketones is 1. The summed E-state index contributed by atoms with van der Waals surface area (Å²) in [5.74, 6) is -49.2. The molecule has 0 saturated carbocycles. The van der Waals surface area contributed by atoms with Crippen molar-refractivity contribution in [1.82, 2.24) is 0 Å². The molecule has 60 heavy (non-hydrogen) atoms. The van der Waals surface area contributed by atoms with Crippen LogP contribution in [0, 0.1) is 98.9 Å². The Morgan fingerprint density at radius 1 is 0.450 bits per heavy atom. The molecule has 0 aliphatic rings. The van der Waals surface area contributed by atoms with Gasteiger partial charge in [0.15, 0.2) is 98.8 Å². The summed E-state index contributed by atoms with van der Waals surface area (Å²) in [4.78, 5) is 12.2. The van der Waals surface area contributed by atoms with Crippen LogP contribution in [0.3, 0.4) is 0 Å². The van der Waals surface area contributed by atoms with Gasteiger partial charge in [-0.2, -0.15) is 0 Å². The number of rotatable bonds is 7. The number of halogens is 17. The van der Waals surface area contributed by atoms with Crippen LogP contribution in [0.15, 0.2) is 36.4 Å². The predicted molar refractivity (Wildman–Crippen MR) is 186 cm³/mol. The molecule has 2 nitrogen and oxygen atoms in total. The molecule has 2 radical (unpaired) electrons. The zero-order chi connectivity index (χ0) is 45.0. The molecule has 0 aromatic heterocycles. The third kappa shape index (κ3) is 7.45. The average Bonchev–Trinajstić information content (AvgIpc) is 3.22. The van der Waals surface area contributed by atoms with Crippen LogP contribution >= 0.6 is 0 Å². The van der Waals surface area contributed by atoms with Crippen molar-refractivity contribution < 1.29 is 84.5 Å². The highest BCUT2D eigenvalue weighted by molar-refractivity contribution is 7.96. The van der Waals surface area contributed by atoms with E-state index in [0.29, 0.717) is 5.75 Å². The molecule has 0 bridgehead atoms. The van der Waals surface area contributed by atoms with Crippen LogP contribution in [-0.4, -0.2) is 37.0 Å². The Morgan fingerprint density at radius 3 is 1.05 bits per heavy atom. The second-order valence-electron chi connectivity index (χ2n) is 12.5. The minimum Gasteiger partial charge on any atom is -0.392 e. The van der Waals surface area contributed by atoms with E-state index in [0.717, 1.165) is 21.9 Å². The molecule has 0 amide bonds. The van der Waals surface area contributed by atoms with Crippen LogP contribution in [0.5, 0.6) is 0 Å². The Labute approximate surface area is 329 Å². The smallest absolute Gasteiger partial charge is 0.212 e. The molecule has 0 saturated heterocycles. The van der Waals surface area contributed by atoms with Crippen LogP contribution in [0.1, 0.15) is 15.9 Å². The first-order chi connectivity index (χ1) is 28.0. The molecular weight excluding hydrogens is 866 g/mol. The minimum absolute atomic E-state index is 0.000907. The van der Waals surface area contributed by atoms with E-state index in [4.69, 9.17) is 7.85 Å². The van der Waals surface area contributed by atoms with E-state index < -0.39 is 138 Å². The van der Waals surface area contributed by atoms with Gasteiger partial charge in [0.2, 0.25) is 11.6 Å². The van der Waals surface area contributed by atoms with E-state index in [-0.39, 0.29) is 23.3 Å². The van der Waals surface area contributed by atoms with Gasteiger partial charge in [0.05, 0.1) is 52.5 Å². The molecule has 0 unspecified atom stereocenters. The van der Waals surface area contributed by atoms with Crippen LogP contribution in [-0.2, 0) is 17.5 Å². The fraction of sp³-hybridized carbons (Fsp3) is 0.103. The van der Waals surface area contributed by atoms with Gasteiger partial charge in [-0.15, -0.1) is 0 Å². The number of Topliss-reactive ketones (excluding diaryl/α,β-unsaturated/α-hetero) is 1. The lowest BCUT2D eigenvalue weighted by Crippen LogP contribution is -2.20. The number of hydrogen-bond donors (Lipinski definition) is 1. The summed E-state index contributed by atoms with van der Waals surface area (Å²) in [5.41, 5.74) is -16.1. The van der Waals surface area contributed by atoms with Crippen molar-refractivity contribution in [2.75, 3.05) is 18.3 Å². The van der Waals surface area contributed by atoms with Crippen LogP contribution in [0.4, 0.5) is 74.6 Å². The van der Waals surface area contributed by atoms with Gasteiger partial charge in [-0.05, 0) is 32.7 Å². The maximum Gasteiger partial charge on any atom is 0.212 e. The fourth-order valence-corrected chi connectivity index (χ4v) is 6.60. The third-order valence-corrected chi connectivity index (χ3v) is 9.53. The predicted octanol–water partition coefficient (Wildman–Crippen LogP) is 10.2. The zero-order valence-corrected chi connectivity index (χ0v) is 30.5. The third-order valence-electron chi connectivity index (χ3n) is 8.69. The lowest BCUT2D eigenvalue weighted by Gasteiger charge is -2.17. The van der Waals surface area contributed by atoms with Crippen molar-refractivity contribution in [3.05, 3.63) is 146 Å². The van der Waals surface area contributed by atoms with Crippen molar-refractivity contribution in [2.45, 2.75) is 6.61 Å². The minimum atomic E-state index is -3.14. The number of hydrogen-bond acceptors (Lipinski definition) is 2. The average molecular weight is 883 g/mol. The monoisotopic (exact) mass is 883 g/mol. The van der Waals surface area contributed by atoms with Gasteiger partial charge >= 0.3 is 0 Å². The highest BCUT2D eigenvalue weighted by Gasteiger charge is 2.39. The van der Waals surface area contributed by atoms with E-state index in [9.17, 15) is 84.5 Å². The van der Waals surface area contributed by atoms with Crippen LogP contribution in [0.2, 0.25) is 0 Å². The summed E-state index contributed by atoms with van der Waals surface area (Å²) in [6.45, 7) is 0.000907. The maximum absolute atomic E-state index is 14.9. The summed E-state index contributed by atoms with van der Waals surface area (Å²) in [6.07, 6.45) is 4.14. The first-order valence-corrected chi connectivity index (χ1v) is 18.3. The van der Waals surface area contributed by atoms with Gasteiger partial charge in [0.1, 0.15) is 7.85 Å². The second kappa shape index (κ2) is 17.2. The van der Waals surface area contributed by atoms with Gasteiger partial charge < -0.3 is 5.11 Å². The Kier molecular flexibility index (Phi) is 13.0. The van der Waals surface area contributed by atoms with E-state index >= 15 is 0 Å². The molecule has 0 fully saturated rings. The molecule has 6 aromatic carbocycles. The number of aliphatic hydroxyl groups excluding tert-OH is 1. The molecule has 0 heterocycles. The second-order valence-corrected chi connectivity index (χ2v) is 14.8. The van der Waals surface area contributed by atoms with Gasteiger partial charge in [0.25, 0.3) is 0 Å². The van der Waals surface area contributed by atoms with Crippen LogP contribution < -0.4 is 5.46 Å². The van der Waals surface area contributed by atoms with Crippen molar-refractivity contribution in [1.29, 1.82) is 0 Å². The molecule has 6 aromatic rings. The Balaban J connectivity index is 0.000000315. The quantitative estimate of drug-likeness (QED) is 0.0433. The molecule has 1 N–H and O–H groups in total. The molecule has 0 aliphatic carbocycles. The molecular formula is C39H17BF17O2S+. The van der Waals surface area contributed by atoms with E-state index in [2.05, 4.69) is 12.5 Å². The topological polar surface area (TPSA) is 37.3 Å². The summed E-state index contributed by atoms with van der Waals surface area (Å²) < 4.78 is 243. The van der Waals surface area contributed by atoms with E-state index in [1.165, 1.54) is 0 Å². The number of carbonyl (C=O) groups is 1. The van der Waals surface area contributed by atoms with E-state index in [1.54, 1.807) is 0 Å². The van der Waals surface area contributed by atoms with Gasteiger partial charge in [-0.25, -0.2) is 74.6 Å². The molecule has 21 heteroatoms. The Bertz CT molecular complexity index is 2530. The number of fused-ring (bicyclic) bond motifs is 1. The van der Waals surface area contributed by atoms with Crippen molar-refractivity contribution in [2.24, 2.45) is 0 Å². The standard InChI is InChI=1S/C24BF17.C15H17O2S/c25-7-20(38)16(34)5(17(35)21(7)39)3-12(30)8(26)1(9(27)13(3)31)2-10(28)14(32)4(15(33)11(2)29)6-18(36)22(40)24(42)23(41)19(6)37;1-18(2)10-15(17)14-8-7-11(9-16)12-5-3-4-6-13(12)14/h;3-8,16H,9-10H2,1-2H3/q;+1. The van der Waals surface area contributed by atoms with E-state index in [1.807, 2.05) is 36.4 Å².